The van der Waals surface area contributed by atoms with Crippen LogP contribution in [0.3, 0.4) is 0 Å². The van der Waals surface area contributed by atoms with Crippen LogP contribution in [-0.4, -0.2) is 39.2 Å². The summed E-state index contributed by atoms with van der Waals surface area (Å²) in [6, 6.07) is 14.0. The van der Waals surface area contributed by atoms with Crippen molar-refractivity contribution in [3.05, 3.63) is 77.8 Å². The molecule has 0 saturated heterocycles. The summed E-state index contributed by atoms with van der Waals surface area (Å²) in [6.07, 6.45) is -1.63. The minimum atomic E-state index is -4.49. The van der Waals surface area contributed by atoms with E-state index in [-0.39, 0.29) is 23.5 Å². The highest BCUT2D eigenvalue weighted by Crippen LogP contribution is 2.32. The van der Waals surface area contributed by atoms with Gasteiger partial charge in [0.25, 0.3) is 5.91 Å². The molecule has 1 amide bonds. The molecule has 4 rings (SSSR count). The molecule has 2 atom stereocenters. The maximum Gasteiger partial charge on any atom is 0.406 e. The van der Waals surface area contributed by atoms with Crippen molar-refractivity contribution >= 4 is 18.7 Å². The minimum Gasteiger partial charge on any atom is -0.348 e. The molecule has 2 aromatic carbocycles. The Morgan fingerprint density at radius 2 is 1.86 bits per heavy atom. The number of H-pyrrole nitrogens is 1. The van der Waals surface area contributed by atoms with E-state index >= 15 is 0 Å². The number of amides is 1. The Labute approximate surface area is 218 Å². The van der Waals surface area contributed by atoms with Crippen LogP contribution in [0.4, 0.5) is 17.6 Å². The molecule has 0 radical (unpaired) electrons. The summed E-state index contributed by atoms with van der Waals surface area (Å²) in [7, 11) is 0. The number of hydrogen-bond donors (Lipinski definition) is 3. The van der Waals surface area contributed by atoms with E-state index in [0.717, 1.165) is 40.9 Å². The van der Waals surface area contributed by atoms with Crippen LogP contribution in [0.25, 0.3) is 22.5 Å². The first-order valence-corrected chi connectivity index (χ1v) is 12.4. The highest BCUT2D eigenvalue weighted by atomic mass is 32.1. The Bertz CT molecular complexity index is 1270. The van der Waals surface area contributed by atoms with Gasteiger partial charge in [0.05, 0.1) is 11.4 Å². The van der Waals surface area contributed by atoms with Gasteiger partial charge in [-0.15, -0.1) is 0 Å². The van der Waals surface area contributed by atoms with Gasteiger partial charge in [-0.25, -0.2) is 4.39 Å². The van der Waals surface area contributed by atoms with Crippen molar-refractivity contribution in [2.45, 2.75) is 44.8 Å². The molecule has 0 aliphatic heterocycles. The number of aromatic amines is 1. The smallest absolute Gasteiger partial charge is 0.348 e. The summed E-state index contributed by atoms with van der Waals surface area (Å²) >= 11 is 3.79. The van der Waals surface area contributed by atoms with Gasteiger partial charge in [0.1, 0.15) is 18.1 Å². The molecule has 1 unspecified atom stereocenters. The fraction of sp³-hybridized carbons (Fsp3) is 0.333. The number of alkyl halides is 3. The monoisotopic (exact) mass is 532 g/mol. The summed E-state index contributed by atoms with van der Waals surface area (Å²) in [5.74, 6) is -0.836. The van der Waals surface area contributed by atoms with E-state index in [1.807, 2.05) is 19.1 Å². The SMILES string of the molecule is C=C(C(=O)NC1CCc2cc(-c3cc(-c4ccc(F)cc4)[nH]n3)ccc2C[C@@H]1CC)N(S)CC(F)(F)F. The largest absolute Gasteiger partial charge is 0.406 e. The molecule has 2 N–H and O–H groups in total. The second-order valence-electron chi connectivity index (χ2n) is 9.27. The second-order valence-corrected chi connectivity index (χ2v) is 9.75. The first-order chi connectivity index (χ1) is 17.5. The number of carbonyl (C=O) groups excluding carboxylic acids is 1. The molecular formula is C27H28F4N4OS. The van der Waals surface area contributed by atoms with E-state index in [2.05, 4.69) is 47.0 Å². The van der Waals surface area contributed by atoms with E-state index in [1.165, 1.54) is 17.7 Å². The number of aromatic nitrogens is 2. The lowest BCUT2D eigenvalue weighted by molar-refractivity contribution is -0.134. The van der Waals surface area contributed by atoms with Crippen LogP contribution in [0, 0.1) is 11.7 Å². The average molecular weight is 533 g/mol. The normalized spacial score (nSPS) is 17.6. The zero-order valence-corrected chi connectivity index (χ0v) is 21.2. The van der Waals surface area contributed by atoms with Crippen molar-refractivity contribution in [1.29, 1.82) is 0 Å². The highest BCUT2D eigenvalue weighted by molar-refractivity contribution is 7.77. The van der Waals surface area contributed by atoms with E-state index in [9.17, 15) is 22.4 Å². The fourth-order valence-electron chi connectivity index (χ4n) is 4.69. The maximum atomic E-state index is 13.3. The first-order valence-electron chi connectivity index (χ1n) is 12.0. The van der Waals surface area contributed by atoms with E-state index in [0.29, 0.717) is 17.1 Å². The number of carbonyl (C=O) groups is 1. The maximum absolute atomic E-state index is 13.3. The number of hydrogen-bond acceptors (Lipinski definition) is 4. The Morgan fingerprint density at radius 1 is 1.16 bits per heavy atom. The molecule has 10 heteroatoms. The highest BCUT2D eigenvalue weighted by Gasteiger charge is 2.33. The van der Waals surface area contributed by atoms with E-state index in [1.54, 1.807) is 12.1 Å². The van der Waals surface area contributed by atoms with Crippen molar-refractivity contribution in [2.24, 2.45) is 5.92 Å². The summed E-state index contributed by atoms with van der Waals surface area (Å²) < 4.78 is 51.8. The zero-order valence-electron chi connectivity index (χ0n) is 20.3. The van der Waals surface area contributed by atoms with Crippen LogP contribution < -0.4 is 5.32 Å². The van der Waals surface area contributed by atoms with Crippen LogP contribution in [-0.2, 0) is 17.6 Å². The van der Waals surface area contributed by atoms with Crippen LogP contribution >= 0.6 is 12.8 Å². The number of benzene rings is 2. The van der Waals surface area contributed by atoms with Gasteiger partial charge in [-0.2, -0.15) is 18.3 Å². The number of thiol groups is 1. The summed E-state index contributed by atoms with van der Waals surface area (Å²) in [5, 5.41) is 10.3. The molecule has 196 valence electrons. The van der Waals surface area contributed by atoms with Crippen molar-refractivity contribution in [2.75, 3.05) is 6.54 Å². The van der Waals surface area contributed by atoms with Gasteiger partial charge in [-0.1, -0.05) is 44.9 Å². The number of rotatable bonds is 7. The van der Waals surface area contributed by atoms with Gasteiger partial charge in [0.2, 0.25) is 0 Å². The Balaban J connectivity index is 1.47. The number of nitrogens with zero attached hydrogens (tertiary/aromatic N) is 2. The summed E-state index contributed by atoms with van der Waals surface area (Å²) in [4.78, 5) is 12.7. The molecule has 1 aromatic heterocycles. The molecule has 0 spiro atoms. The third-order valence-electron chi connectivity index (χ3n) is 6.75. The topological polar surface area (TPSA) is 61.0 Å². The molecule has 3 aromatic rings. The van der Waals surface area contributed by atoms with Crippen molar-refractivity contribution in [3.8, 4) is 22.5 Å². The van der Waals surface area contributed by atoms with Gasteiger partial charge in [-0.05, 0) is 78.3 Å². The number of aryl methyl sites for hydroxylation is 1. The molecule has 1 aliphatic carbocycles. The molecule has 1 heterocycles. The zero-order chi connectivity index (χ0) is 26.7. The second kappa shape index (κ2) is 11.0. The third-order valence-corrected chi connectivity index (χ3v) is 7.14. The Morgan fingerprint density at radius 3 is 2.54 bits per heavy atom. The summed E-state index contributed by atoms with van der Waals surface area (Å²) in [5.41, 5.74) is 5.29. The third kappa shape index (κ3) is 6.54. The van der Waals surface area contributed by atoms with Crippen molar-refractivity contribution < 1.29 is 22.4 Å². The van der Waals surface area contributed by atoms with Gasteiger partial charge in [0, 0.05) is 11.6 Å². The lowest BCUT2D eigenvalue weighted by Crippen LogP contribution is -2.43. The van der Waals surface area contributed by atoms with E-state index < -0.39 is 18.6 Å². The standard InChI is InChI=1S/C27H28F4N4OS/c1-3-17-12-19-4-5-21(25-14-24(33-34-25)18-6-9-22(28)10-7-18)13-20(19)8-11-23(17)32-26(36)16(2)35(37)15-27(29,30)31/h4-7,9-10,13-14,17,23,37H,2-3,8,11-12,15H2,1H3,(H,32,36)(H,33,34)/t17-,23?/m0/s1. The average Bonchev–Trinajstić information content (AvgIpc) is 3.27. The predicted molar refractivity (Wildman–Crippen MR) is 138 cm³/mol. The summed E-state index contributed by atoms with van der Waals surface area (Å²) in [6.45, 7) is 4.17. The molecule has 5 nitrogen and oxygen atoms in total. The van der Waals surface area contributed by atoms with Crippen molar-refractivity contribution in [1.82, 2.24) is 19.8 Å². The Kier molecular flexibility index (Phi) is 7.96. The predicted octanol–water partition coefficient (Wildman–Crippen LogP) is 6.11. The first kappa shape index (κ1) is 26.8. The fourth-order valence-corrected chi connectivity index (χ4v) is 4.94. The molecule has 37 heavy (non-hydrogen) atoms. The molecule has 0 bridgehead atoms. The van der Waals surface area contributed by atoms with Gasteiger partial charge in [-0.3, -0.25) is 9.89 Å². The molecule has 0 fully saturated rings. The number of halogens is 4. The molecular weight excluding hydrogens is 504 g/mol. The lowest BCUT2D eigenvalue weighted by atomic mass is 9.90. The molecule has 0 saturated carbocycles. The van der Waals surface area contributed by atoms with E-state index in [4.69, 9.17) is 0 Å². The van der Waals surface area contributed by atoms with Crippen LogP contribution in [0.15, 0.2) is 60.8 Å². The van der Waals surface area contributed by atoms with Crippen LogP contribution in [0.1, 0.15) is 30.9 Å². The Hall–Kier alpha value is -3.27. The van der Waals surface area contributed by atoms with Gasteiger partial charge in [0.15, 0.2) is 0 Å². The van der Waals surface area contributed by atoms with Crippen LogP contribution in [0.5, 0.6) is 0 Å². The minimum absolute atomic E-state index is 0.121. The van der Waals surface area contributed by atoms with Crippen molar-refractivity contribution in [3.63, 3.8) is 0 Å². The number of fused-ring (bicyclic) bond motifs is 1. The molecule has 1 aliphatic rings. The van der Waals surface area contributed by atoms with Crippen LogP contribution in [0.2, 0.25) is 0 Å². The lowest BCUT2D eigenvalue weighted by Gasteiger charge is -2.27. The van der Waals surface area contributed by atoms with Gasteiger partial charge < -0.3 is 9.62 Å². The number of nitrogens with one attached hydrogen (secondary N) is 2. The quantitative estimate of drug-likeness (QED) is 0.149. The van der Waals surface area contributed by atoms with Gasteiger partial charge >= 0.3 is 6.18 Å².